The van der Waals surface area contributed by atoms with Crippen LogP contribution >= 0.6 is 7.60 Å². The maximum atomic E-state index is 15.6. The lowest BCUT2D eigenvalue weighted by Gasteiger charge is -2.17. The Bertz CT molecular complexity index is 1930. The summed E-state index contributed by atoms with van der Waals surface area (Å²) >= 11 is 0. The minimum Gasteiger partial charge on any atom is -0.473 e. The highest BCUT2D eigenvalue weighted by Gasteiger charge is 2.28. The number of benzene rings is 3. The van der Waals surface area contributed by atoms with Crippen molar-refractivity contribution in [3.63, 3.8) is 0 Å². The molecule has 3 aromatic carbocycles. The number of imidazole rings is 1. The van der Waals surface area contributed by atoms with Crippen molar-refractivity contribution in [3.05, 3.63) is 107 Å². The van der Waals surface area contributed by atoms with Gasteiger partial charge in [0.2, 0.25) is 5.88 Å². The molecule has 12 heteroatoms. The highest BCUT2D eigenvalue weighted by Crippen LogP contribution is 2.47. The highest BCUT2D eigenvalue weighted by molar-refractivity contribution is 7.62. The van der Waals surface area contributed by atoms with Crippen LogP contribution in [-0.4, -0.2) is 41.5 Å². The molecule has 2 aromatic heterocycles. The molecule has 46 heavy (non-hydrogen) atoms. The minimum absolute atomic E-state index is 0.0817. The normalized spacial score (nSPS) is 11.6. The summed E-state index contributed by atoms with van der Waals surface area (Å²) in [5.41, 5.74) is 3.33. The summed E-state index contributed by atoms with van der Waals surface area (Å²) < 4.78 is 67.3. The Kier molecular flexibility index (Phi) is 10.6. The molecule has 0 aliphatic rings. The number of halogens is 2. The first kappa shape index (κ1) is 32.9. The fraction of sp³-hybridized carbons (Fsp3) is 0.265. The summed E-state index contributed by atoms with van der Waals surface area (Å²) in [7, 11) is -1.93. The van der Waals surface area contributed by atoms with E-state index in [1.54, 1.807) is 69.5 Å². The molecule has 0 spiro atoms. The lowest BCUT2D eigenvalue weighted by molar-refractivity contribution is 0.187. The third kappa shape index (κ3) is 7.33. The molecule has 0 radical (unpaired) electrons. The number of aromatic nitrogens is 3. The molecule has 0 unspecified atom stereocenters. The number of hydrogen-bond acceptors (Lipinski definition) is 8. The van der Waals surface area contributed by atoms with Gasteiger partial charge in [-0.2, -0.15) is 5.26 Å². The van der Waals surface area contributed by atoms with Crippen molar-refractivity contribution in [1.29, 1.82) is 5.26 Å². The number of nitriles is 1. The van der Waals surface area contributed by atoms with E-state index >= 15 is 4.39 Å². The van der Waals surface area contributed by atoms with Gasteiger partial charge in [0.25, 0.3) is 0 Å². The van der Waals surface area contributed by atoms with E-state index in [4.69, 9.17) is 28.8 Å². The molecule has 0 aliphatic carbocycles. The Morgan fingerprint density at radius 2 is 1.67 bits per heavy atom. The Labute approximate surface area is 265 Å². The molecule has 9 nitrogen and oxygen atoms in total. The van der Waals surface area contributed by atoms with Gasteiger partial charge in [0.15, 0.2) is 0 Å². The molecule has 0 fully saturated rings. The van der Waals surface area contributed by atoms with Crippen LogP contribution in [0.4, 0.5) is 8.78 Å². The van der Waals surface area contributed by atoms with Crippen LogP contribution in [0.5, 0.6) is 5.88 Å². The van der Waals surface area contributed by atoms with Crippen LogP contribution < -0.4 is 10.0 Å². The molecule has 0 amide bonds. The van der Waals surface area contributed by atoms with Crippen molar-refractivity contribution in [2.24, 2.45) is 0 Å². The average molecular weight is 647 g/mol. The van der Waals surface area contributed by atoms with Gasteiger partial charge in [-0.05, 0) is 61.9 Å². The van der Waals surface area contributed by atoms with E-state index in [2.05, 4.69) is 4.98 Å². The summed E-state index contributed by atoms with van der Waals surface area (Å²) in [4.78, 5) is 9.24. The van der Waals surface area contributed by atoms with E-state index < -0.39 is 19.2 Å². The van der Waals surface area contributed by atoms with Gasteiger partial charge in [-0.3, -0.25) is 4.57 Å². The second kappa shape index (κ2) is 14.8. The van der Waals surface area contributed by atoms with Crippen LogP contribution in [-0.2, 0) is 37.9 Å². The summed E-state index contributed by atoms with van der Waals surface area (Å²) in [5, 5.41) is 9.36. The molecule has 5 aromatic rings. The topological polar surface area (TPSA) is 108 Å². The van der Waals surface area contributed by atoms with Crippen LogP contribution in [0.3, 0.4) is 0 Å². The van der Waals surface area contributed by atoms with Crippen molar-refractivity contribution in [2.75, 3.05) is 26.9 Å². The van der Waals surface area contributed by atoms with Crippen molar-refractivity contribution in [1.82, 2.24) is 14.5 Å². The number of ether oxygens (including phenoxy) is 2. The Morgan fingerprint density at radius 1 is 0.913 bits per heavy atom. The van der Waals surface area contributed by atoms with E-state index in [0.29, 0.717) is 52.1 Å². The van der Waals surface area contributed by atoms with Crippen LogP contribution in [0.2, 0.25) is 0 Å². The lowest BCUT2D eigenvalue weighted by Crippen LogP contribution is -2.13. The SMILES string of the molecule is CCOP(=O)(OCC)c1ccc2nc(Cc3ccc(-c4cccc(OCc5ccc(C#N)cc5F)n4)cc3F)n(CCOC)c2c1. The van der Waals surface area contributed by atoms with Crippen molar-refractivity contribution < 1.29 is 31.9 Å². The first-order valence-electron chi connectivity index (χ1n) is 14.7. The minimum atomic E-state index is -3.53. The molecular weight excluding hydrogens is 613 g/mol. The standard InChI is InChI=1S/C34H33F2N4O5P/c1-4-44-46(41,45-5-2)27-13-14-31-32(20-27)40(15-16-42-3)33(38-31)19-24-11-12-25(18-29(24)36)30-7-6-8-34(39-30)43-22-26-10-9-23(21-37)17-28(26)35/h6-14,17-18,20H,4-5,15-16,19,22H2,1-3H3. The maximum Gasteiger partial charge on any atom is 0.361 e. The lowest BCUT2D eigenvalue weighted by atomic mass is 10.1. The van der Waals surface area contributed by atoms with Crippen molar-refractivity contribution in [2.45, 2.75) is 33.4 Å². The first-order valence-corrected chi connectivity index (χ1v) is 16.3. The van der Waals surface area contributed by atoms with Crippen LogP contribution in [0.1, 0.15) is 36.4 Å². The highest BCUT2D eigenvalue weighted by atomic mass is 31.2. The number of fused-ring (bicyclic) bond motifs is 1. The second-order valence-corrected chi connectivity index (χ2v) is 12.3. The largest absolute Gasteiger partial charge is 0.473 e. The van der Waals surface area contributed by atoms with Crippen molar-refractivity contribution in [3.8, 4) is 23.2 Å². The summed E-state index contributed by atoms with van der Waals surface area (Å²) in [6.07, 6.45) is 0.196. The number of rotatable bonds is 14. The summed E-state index contributed by atoms with van der Waals surface area (Å²) in [6.45, 7) is 4.72. The fourth-order valence-electron chi connectivity index (χ4n) is 4.99. The Morgan fingerprint density at radius 3 is 2.37 bits per heavy atom. The summed E-state index contributed by atoms with van der Waals surface area (Å²) in [5.74, 6) is -0.120. The third-order valence-corrected chi connectivity index (χ3v) is 9.33. The molecule has 0 N–H and O–H groups in total. The van der Waals surface area contributed by atoms with Crippen molar-refractivity contribution >= 4 is 23.9 Å². The monoisotopic (exact) mass is 646 g/mol. The van der Waals surface area contributed by atoms with Gasteiger partial charge in [0.05, 0.1) is 53.5 Å². The molecule has 0 atom stereocenters. The quantitative estimate of drug-likeness (QED) is 0.119. The Hall–Kier alpha value is -4.46. The van der Waals surface area contributed by atoms with Crippen LogP contribution in [0.15, 0.2) is 72.8 Å². The smallest absolute Gasteiger partial charge is 0.361 e. The molecule has 0 saturated heterocycles. The number of pyridine rings is 1. The van der Waals surface area contributed by atoms with E-state index in [9.17, 15) is 8.96 Å². The van der Waals surface area contributed by atoms with Gasteiger partial charge in [-0.1, -0.05) is 24.3 Å². The predicted octanol–water partition coefficient (Wildman–Crippen LogP) is 6.96. The maximum absolute atomic E-state index is 15.6. The first-order chi connectivity index (χ1) is 22.3. The summed E-state index contributed by atoms with van der Waals surface area (Å²) in [6, 6.07) is 21.2. The number of methoxy groups -OCH3 is 1. The average Bonchev–Trinajstić information content (AvgIpc) is 3.40. The van der Waals surface area contributed by atoms with Gasteiger partial charge < -0.3 is 23.1 Å². The predicted molar refractivity (Wildman–Crippen MR) is 170 cm³/mol. The van der Waals surface area contributed by atoms with Gasteiger partial charge >= 0.3 is 7.60 Å². The number of hydrogen-bond donors (Lipinski definition) is 0. The molecular formula is C34H33F2N4O5P. The van der Waals surface area contributed by atoms with Gasteiger partial charge in [-0.15, -0.1) is 0 Å². The molecule has 0 aliphatic heterocycles. The van der Waals surface area contributed by atoms with E-state index in [-0.39, 0.29) is 43.2 Å². The zero-order chi connectivity index (χ0) is 32.7. The van der Waals surface area contributed by atoms with Crippen LogP contribution in [0, 0.1) is 23.0 Å². The second-order valence-electron chi connectivity index (χ2n) is 10.2. The van der Waals surface area contributed by atoms with Gasteiger partial charge in [-0.25, -0.2) is 18.7 Å². The number of nitrogens with zero attached hydrogens (tertiary/aromatic N) is 4. The van der Waals surface area contributed by atoms with Gasteiger partial charge in [0.1, 0.15) is 24.1 Å². The molecule has 2 heterocycles. The molecule has 0 bridgehead atoms. The van der Waals surface area contributed by atoms with E-state index in [1.807, 2.05) is 10.6 Å². The van der Waals surface area contributed by atoms with E-state index in [1.165, 1.54) is 18.2 Å². The zero-order valence-electron chi connectivity index (χ0n) is 25.7. The van der Waals surface area contributed by atoms with Gasteiger partial charge in [0, 0.05) is 37.3 Å². The molecule has 238 valence electrons. The van der Waals surface area contributed by atoms with E-state index in [0.717, 1.165) is 6.07 Å². The molecule has 5 rings (SSSR count). The molecule has 0 saturated carbocycles. The zero-order valence-corrected chi connectivity index (χ0v) is 26.6. The van der Waals surface area contributed by atoms with Crippen LogP contribution in [0.25, 0.3) is 22.3 Å². The third-order valence-electron chi connectivity index (χ3n) is 7.22. The Balaban J connectivity index is 1.39. The fourth-order valence-corrected chi connectivity index (χ4v) is 6.58.